The van der Waals surface area contributed by atoms with Crippen molar-refractivity contribution in [3.8, 4) is 11.1 Å². The number of anilines is 3. The fourth-order valence-electron chi connectivity index (χ4n) is 9.53. The van der Waals surface area contributed by atoms with Crippen molar-refractivity contribution in [1.82, 2.24) is 24.5 Å². The van der Waals surface area contributed by atoms with Gasteiger partial charge in [-0.05, 0) is 124 Å². The lowest BCUT2D eigenvalue weighted by molar-refractivity contribution is -0.125. The molecular formula is C46H50F4N8O5S. The van der Waals surface area contributed by atoms with Crippen molar-refractivity contribution in [1.29, 1.82) is 0 Å². The van der Waals surface area contributed by atoms with Crippen LogP contribution in [0.2, 0.25) is 0 Å². The SMILES string of the molecule is O=C1CCN(c2ccc(C3CCN(CCC4CCN(c5ccc(-c6cnc7[nH]cc(C(=O)c8c(F)ccc(NS(=O)(=O)N9CC[C@@H](F)C9)c8F)c7c6)cc5)CC4)CC3)cc2F)C(O)N1. The number of hydrogen-bond acceptors (Lipinski definition) is 9. The molecule has 4 fully saturated rings. The maximum absolute atomic E-state index is 15.7. The Labute approximate surface area is 368 Å². The molecule has 2 atom stereocenters. The minimum Gasteiger partial charge on any atom is -0.372 e. The molecule has 4 aliphatic heterocycles. The van der Waals surface area contributed by atoms with E-state index < -0.39 is 51.4 Å². The third-order valence-electron chi connectivity index (χ3n) is 13.3. The molecule has 4 N–H and O–H groups in total. The first-order valence-electron chi connectivity index (χ1n) is 21.8. The molecule has 0 radical (unpaired) electrons. The number of hydrogen-bond donors (Lipinski definition) is 4. The number of aliphatic hydroxyl groups is 1. The number of amides is 1. The van der Waals surface area contributed by atoms with E-state index in [0.29, 0.717) is 28.2 Å². The fourth-order valence-corrected chi connectivity index (χ4v) is 10.8. The number of H-pyrrole nitrogens is 1. The van der Waals surface area contributed by atoms with Gasteiger partial charge >= 0.3 is 10.2 Å². The number of carbonyl (C=O) groups is 2. The van der Waals surface area contributed by atoms with Crippen LogP contribution in [-0.4, -0.2) is 109 Å². The molecule has 1 unspecified atom stereocenters. The maximum Gasteiger partial charge on any atom is 0.301 e. The monoisotopic (exact) mass is 902 g/mol. The van der Waals surface area contributed by atoms with E-state index in [0.717, 1.165) is 98.1 Å². The zero-order valence-corrected chi connectivity index (χ0v) is 35.9. The first kappa shape index (κ1) is 43.7. The molecule has 1 amide bonds. The largest absolute Gasteiger partial charge is 0.372 e. The molecule has 4 aliphatic rings. The smallest absolute Gasteiger partial charge is 0.301 e. The van der Waals surface area contributed by atoms with Gasteiger partial charge in [0.25, 0.3) is 0 Å². The van der Waals surface area contributed by atoms with Crippen molar-refractivity contribution < 1.29 is 40.7 Å². The molecule has 64 heavy (non-hydrogen) atoms. The first-order chi connectivity index (χ1) is 30.8. The van der Waals surface area contributed by atoms with Crippen molar-refractivity contribution >= 4 is 50.0 Å². The van der Waals surface area contributed by atoms with Crippen molar-refractivity contribution in [2.24, 2.45) is 5.92 Å². The quantitative estimate of drug-likeness (QED) is 0.0795. The summed E-state index contributed by atoms with van der Waals surface area (Å²) in [6.07, 6.45) is 5.79. The highest BCUT2D eigenvalue weighted by molar-refractivity contribution is 7.90. The number of nitrogens with one attached hydrogen (secondary N) is 3. The van der Waals surface area contributed by atoms with Gasteiger partial charge in [0, 0.05) is 73.7 Å². The number of halogens is 4. The maximum atomic E-state index is 15.7. The normalized spacial score (nSPS) is 20.9. The van der Waals surface area contributed by atoms with Crippen molar-refractivity contribution in [2.75, 3.05) is 66.9 Å². The number of ketones is 1. The van der Waals surface area contributed by atoms with Crippen molar-refractivity contribution in [3.05, 3.63) is 107 Å². The molecule has 338 valence electrons. The Kier molecular flexibility index (Phi) is 12.4. The highest BCUT2D eigenvalue weighted by Gasteiger charge is 2.34. The van der Waals surface area contributed by atoms with Crippen molar-refractivity contribution in [3.63, 3.8) is 0 Å². The van der Waals surface area contributed by atoms with Gasteiger partial charge in [-0.1, -0.05) is 18.2 Å². The van der Waals surface area contributed by atoms with Gasteiger partial charge in [0.15, 0.2) is 5.82 Å². The summed E-state index contributed by atoms with van der Waals surface area (Å²) in [6, 6.07) is 16.7. The Balaban J connectivity index is 0.772. The van der Waals surface area contributed by atoms with E-state index in [9.17, 15) is 27.5 Å². The summed E-state index contributed by atoms with van der Waals surface area (Å²) < 4.78 is 88.2. The lowest BCUT2D eigenvalue weighted by Crippen LogP contribution is -2.54. The standard InChI is InChI=1S/C46H50F4N8O5S/c47-33-14-21-57(27-33)64(62,63)54-39-7-6-37(48)42(43(39)50)44(60)36-26-52-45-35(36)23-32(25-51-45)29-1-4-34(5-2-29)56-19-10-28(11-20-56)9-16-55-17-12-30(13-18-55)31-3-8-40(38(49)24-31)58-22-15-41(59)53-46(58)61/h1-8,23-26,28,30,33,46,54,61H,9-22,27H2,(H,51,52)(H,53,59)/t33-,46?/m1/s1. The predicted octanol–water partition coefficient (Wildman–Crippen LogP) is 6.67. The summed E-state index contributed by atoms with van der Waals surface area (Å²) in [5.74, 6) is -3.30. The van der Waals surface area contributed by atoms with E-state index in [1.807, 2.05) is 22.9 Å². The molecule has 6 heterocycles. The summed E-state index contributed by atoms with van der Waals surface area (Å²) in [7, 11) is -4.35. The minimum absolute atomic E-state index is 0.00472. The van der Waals surface area contributed by atoms with E-state index >= 15 is 13.2 Å². The Morgan fingerprint density at radius 3 is 2.34 bits per heavy atom. The Bertz CT molecular complexity index is 2650. The van der Waals surface area contributed by atoms with E-state index in [-0.39, 0.29) is 55.7 Å². The average molecular weight is 903 g/mol. The number of piperidine rings is 2. The topological polar surface area (TPSA) is 154 Å². The van der Waals surface area contributed by atoms with E-state index in [1.54, 1.807) is 24.4 Å². The van der Waals surface area contributed by atoms with Gasteiger partial charge in [0.05, 0.1) is 16.9 Å². The van der Waals surface area contributed by atoms with Crippen LogP contribution in [0.5, 0.6) is 0 Å². The Hall–Kier alpha value is -5.56. The number of likely N-dealkylation sites (tertiary alicyclic amines) is 1. The number of carbonyl (C=O) groups excluding carboxylic acids is 2. The zero-order valence-electron chi connectivity index (χ0n) is 35.1. The summed E-state index contributed by atoms with van der Waals surface area (Å²) in [5.41, 5.74) is 2.60. The first-order valence-corrected chi connectivity index (χ1v) is 23.3. The molecule has 9 rings (SSSR count). The number of alkyl halides is 1. The van der Waals surface area contributed by atoms with E-state index in [1.165, 1.54) is 11.1 Å². The van der Waals surface area contributed by atoms with E-state index in [4.69, 9.17) is 0 Å². The Morgan fingerprint density at radius 1 is 0.875 bits per heavy atom. The highest BCUT2D eigenvalue weighted by Crippen LogP contribution is 2.35. The average Bonchev–Trinajstić information content (AvgIpc) is 3.94. The van der Waals surface area contributed by atoms with Crippen LogP contribution in [0, 0.1) is 23.4 Å². The number of rotatable bonds is 12. The molecule has 0 aliphatic carbocycles. The molecule has 0 bridgehead atoms. The molecular weight excluding hydrogens is 853 g/mol. The number of nitrogens with zero attached hydrogens (tertiary/aromatic N) is 5. The number of aromatic amines is 1. The fraction of sp³-hybridized carbons (Fsp3) is 0.413. The van der Waals surface area contributed by atoms with Crippen LogP contribution in [0.15, 0.2) is 73.1 Å². The molecule has 13 nitrogen and oxygen atoms in total. The van der Waals surface area contributed by atoms with Crippen LogP contribution < -0.4 is 19.8 Å². The zero-order chi connectivity index (χ0) is 44.7. The number of aromatic nitrogens is 2. The van der Waals surface area contributed by atoms with Crippen LogP contribution in [0.1, 0.15) is 72.3 Å². The number of aliphatic hydroxyl groups excluding tert-OH is 1. The molecule has 18 heteroatoms. The van der Waals surface area contributed by atoms with Gasteiger partial charge in [-0.15, -0.1) is 0 Å². The van der Waals surface area contributed by atoms with Gasteiger partial charge in [0.1, 0.15) is 23.5 Å². The van der Waals surface area contributed by atoms with Gasteiger partial charge < -0.3 is 30.1 Å². The molecule has 0 spiro atoms. The summed E-state index contributed by atoms with van der Waals surface area (Å²) >= 11 is 0. The lowest BCUT2D eigenvalue weighted by atomic mass is 9.88. The van der Waals surface area contributed by atoms with Gasteiger partial charge in [-0.25, -0.2) is 22.5 Å². The summed E-state index contributed by atoms with van der Waals surface area (Å²) in [4.78, 5) is 39.0. The number of benzene rings is 3. The summed E-state index contributed by atoms with van der Waals surface area (Å²) in [6.45, 7) is 4.60. The second kappa shape index (κ2) is 18.1. The third kappa shape index (κ3) is 9.05. The van der Waals surface area contributed by atoms with Crippen LogP contribution in [0.3, 0.4) is 0 Å². The number of pyridine rings is 1. The van der Waals surface area contributed by atoms with Gasteiger partial charge in [0.2, 0.25) is 18.0 Å². The minimum atomic E-state index is -4.35. The summed E-state index contributed by atoms with van der Waals surface area (Å²) in [5, 5.41) is 13.0. The van der Waals surface area contributed by atoms with Crippen molar-refractivity contribution in [2.45, 2.75) is 63.4 Å². The van der Waals surface area contributed by atoms with Crippen LogP contribution >= 0.6 is 0 Å². The Morgan fingerprint density at radius 2 is 1.64 bits per heavy atom. The van der Waals surface area contributed by atoms with Gasteiger partial charge in [-0.2, -0.15) is 12.7 Å². The highest BCUT2D eigenvalue weighted by atomic mass is 32.2. The predicted molar refractivity (Wildman–Crippen MR) is 235 cm³/mol. The van der Waals surface area contributed by atoms with Crippen LogP contribution in [-0.2, 0) is 15.0 Å². The molecule has 4 saturated heterocycles. The van der Waals surface area contributed by atoms with E-state index in [2.05, 4.69) is 37.2 Å². The van der Waals surface area contributed by atoms with Crippen LogP contribution in [0.4, 0.5) is 34.6 Å². The second-order valence-electron chi connectivity index (χ2n) is 17.3. The molecule has 2 aromatic heterocycles. The van der Waals surface area contributed by atoms with Crippen LogP contribution in [0.25, 0.3) is 22.2 Å². The molecule has 0 saturated carbocycles. The third-order valence-corrected chi connectivity index (χ3v) is 14.8. The number of fused-ring (bicyclic) bond motifs is 1. The molecule has 3 aromatic carbocycles. The second-order valence-corrected chi connectivity index (χ2v) is 18.9. The lowest BCUT2D eigenvalue weighted by Gasteiger charge is -2.36. The molecule has 5 aromatic rings. The van der Waals surface area contributed by atoms with Gasteiger partial charge in [-0.3, -0.25) is 14.3 Å².